The van der Waals surface area contributed by atoms with E-state index in [2.05, 4.69) is 32.9 Å². The number of hydrogen-bond acceptors (Lipinski definition) is 3. The van der Waals surface area contributed by atoms with Crippen molar-refractivity contribution in [3.63, 3.8) is 0 Å². The maximum atomic E-state index is 13.2. The van der Waals surface area contributed by atoms with Gasteiger partial charge < -0.3 is 9.47 Å². The first-order valence-corrected chi connectivity index (χ1v) is 25.2. The lowest BCUT2D eigenvalue weighted by molar-refractivity contribution is 0.0493. The van der Waals surface area contributed by atoms with Crippen molar-refractivity contribution >= 4 is 5.97 Å². The molecule has 322 valence electrons. The number of esters is 1. The normalized spacial score (nSPS) is 11.4. The third kappa shape index (κ3) is 34.3. The summed E-state index contributed by atoms with van der Waals surface area (Å²) in [5.41, 5.74) is 1.90. The maximum Gasteiger partial charge on any atom is 0.341 e. The minimum atomic E-state index is -0.216. The number of rotatable bonds is 44. The Labute approximate surface area is 345 Å². The molecule has 3 nitrogen and oxygen atoms in total. The number of hydrogen-bond donors (Lipinski definition) is 0. The molecule has 0 saturated heterocycles. The first-order chi connectivity index (χ1) is 27.2. The lowest BCUT2D eigenvalue weighted by atomic mass is 10.0. The summed E-state index contributed by atoms with van der Waals surface area (Å²) in [4.78, 5) is 13.2. The summed E-state index contributed by atoms with van der Waals surface area (Å²) in [6, 6.07) is 6.26. The van der Waals surface area contributed by atoms with Gasteiger partial charge >= 0.3 is 5.97 Å². The van der Waals surface area contributed by atoms with E-state index in [9.17, 15) is 4.79 Å². The van der Waals surface area contributed by atoms with Crippen LogP contribution in [0.25, 0.3) is 0 Å². The van der Waals surface area contributed by atoms with Gasteiger partial charge in [0.15, 0.2) is 0 Å². The number of ether oxygens (including phenoxy) is 2. The molecule has 0 unspecified atom stereocenters. The van der Waals surface area contributed by atoms with Crippen molar-refractivity contribution in [1.29, 1.82) is 0 Å². The molecule has 55 heavy (non-hydrogen) atoms. The van der Waals surface area contributed by atoms with Crippen molar-refractivity contribution in [3.05, 3.63) is 29.3 Å². The fraction of sp³-hybridized carbons (Fsp3) is 0.865. The molecule has 0 aromatic heterocycles. The Balaban J connectivity index is 2.36. The molecule has 0 spiro atoms. The second kappa shape index (κ2) is 42.1. The highest BCUT2D eigenvalue weighted by molar-refractivity contribution is 5.92. The molecule has 0 atom stereocenters. The van der Waals surface area contributed by atoms with E-state index < -0.39 is 0 Å². The van der Waals surface area contributed by atoms with Gasteiger partial charge in [-0.2, -0.15) is 0 Å². The van der Waals surface area contributed by atoms with Crippen LogP contribution in [0.15, 0.2) is 18.2 Å². The van der Waals surface area contributed by atoms with Crippen LogP contribution in [-0.2, 0) is 11.2 Å². The Hall–Kier alpha value is -1.51. The SMILES string of the molecule is CCCCCCCCCCCCCCCOC(=O)c1ccc(CCCCCCCCCCCCCCC)cc1OCCCCCCCCCCCCCCC. The first-order valence-electron chi connectivity index (χ1n) is 25.2. The maximum absolute atomic E-state index is 13.2. The van der Waals surface area contributed by atoms with Crippen molar-refractivity contribution in [2.24, 2.45) is 0 Å². The summed E-state index contributed by atoms with van der Waals surface area (Å²) >= 11 is 0. The lowest BCUT2D eigenvalue weighted by Crippen LogP contribution is -2.10. The number of unbranched alkanes of at least 4 members (excludes halogenated alkanes) is 36. The molecular weight excluding hydrogens is 673 g/mol. The Kier molecular flexibility index (Phi) is 39.4. The van der Waals surface area contributed by atoms with Crippen LogP contribution in [0.1, 0.15) is 287 Å². The summed E-state index contributed by atoms with van der Waals surface area (Å²) < 4.78 is 12.1. The Morgan fingerprint density at radius 1 is 0.382 bits per heavy atom. The second-order valence-electron chi connectivity index (χ2n) is 17.3. The molecule has 1 aromatic carbocycles. The number of aryl methyl sites for hydroxylation is 1. The fourth-order valence-corrected chi connectivity index (χ4v) is 8.02. The highest BCUT2D eigenvalue weighted by Crippen LogP contribution is 2.25. The molecule has 3 heteroatoms. The van der Waals surface area contributed by atoms with Crippen LogP contribution in [0.3, 0.4) is 0 Å². The zero-order chi connectivity index (χ0) is 39.5. The van der Waals surface area contributed by atoms with Gasteiger partial charge in [-0.3, -0.25) is 0 Å². The molecule has 1 aromatic rings. The predicted molar refractivity (Wildman–Crippen MR) is 243 cm³/mol. The van der Waals surface area contributed by atoms with E-state index in [0.29, 0.717) is 18.8 Å². The molecule has 0 aliphatic carbocycles. The fourth-order valence-electron chi connectivity index (χ4n) is 8.02. The Bertz CT molecular complexity index is 925. The minimum Gasteiger partial charge on any atom is -0.493 e. The average Bonchev–Trinajstić information content (AvgIpc) is 3.19. The Morgan fingerprint density at radius 3 is 1.05 bits per heavy atom. The topological polar surface area (TPSA) is 35.5 Å². The van der Waals surface area contributed by atoms with Gasteiger partial charge in [-0.25, -0.2) is 4.79 Å². The van der Waals surface area contributed by atoms with Gasteiger partial charge in [-0.15, -0.1) is 0 Å². The van der Waals surface area contributed by atoms with E-state index >= 15 is 0 Å². The van der Waals surface area contributed by atoms with Gasteiger partial charge in [0.1, 0.15) is 11.3 Å². The van der Waals surface area contributed by atoms with Crippen LogP contribution in [0, 0.1) is 0 Å². The van der Waals surface area contributed by atoms with E-state index in [1.54, 1.807) is 0 Å². The monoisotopic (exact) mass is 769 g/mol. The molecule has 0 aliphatic heterocycles. The zero-order valence-electron chi connectivity index (χ0n) is 37.7. The first kappa shape index (κ1) is 51.5. The highest BCUT2D eigenvalue weighted by atomic mass is 16.5. The highest BCUT2D eigenvalue weighted by Gasteiger charge is 2.15. The minimum absolute atomic E-state index is 0.216. The van der Waals surface area contributed by atoms with Gasteiger partial charge in [0.05, 0.1) is 13.2 Å². The lowest BCUT2D eigenvalue weighted by Gasteiger charge is -2.13. The zero-order valence-corrected chi connectivity index (χ0v) is 37.7. The molecule has 0 bridgehead atoms. The molecule has 0 saturated carbocycles. The number of carbonyl (C=O) groups excluding carboxylic acids is 1. The molecule has 0 aliphatic rings. The van der Waals surface area contributed by atoms with Crippen LogP contribution < -0.4 is 4.74 Å². The number of carbonyl (C=O) groups is 1. The van der Waals surface area contributed by atoms with Gasteiger partial charge in [-0.1, -0.05) is 258 Å². The van der Waals surface area contributed by atoms with Crippen molar-refractivity contribution < 1.29 is 14.3 Å². The van der Waals surface area contributed by atoms with Crippen LogP contribution in [0.2, 0.25) is 0 Å². The molecule has 0 amide bonds. The average molecular weight is 769 g/mol. The summed E-state index contributed by atoms with van der Waals surface area (Å²) in [5, 5.41) is 0. The predicted octanol–water partition coefficient (Wildman–Crippen LogP) is 18.0. The van der Waals surface area contributed by atoms with Crippen LogP contribution in [0.4, 0.5) is 0 Å². The van der Waals surface area contributed by atoms with Crippen molar-refractivity contribution in [2.45, 2.75) is 278 Å². The van der Waals surface area contributed by atoms with Crippen LogP contribution in [0.5, 0.6) is 5.75 Å². The summed E-state index contributed by atoms with van der Waals surface area (Å²) in [6.07, 6.45) is 53.6. The summed E-state index contributed by atoms with van der Waals surface area (Å²) in [7, 11) is 0. The van der Waals surface area contributed by atoms with Crippen LogP contribution >= 0.6 is 0 Å². The molecule has 1 rings (SSSR count). The quantitative estimate of drug-likeness (QED) is 0.0490. The van der Waals surface area contributed by atoms with E-state index in [1.165, 1.54) is 237 Å². The van der Waals surface area contributed by atoms with Gasteiger partial charge in [0.25, 0.3) is 0 Å². The summed E-state index contributed by atoms with van der Waals surface area (Å²) in [5.74, 6) is 0.522. The molecule has 0 fully saturated rings. The largest absolute Gasteiger partial charge is 0.493 e. The van der Waals surface area contributed by atoms with Crippen LogP contribution in [-0.4, -0.2) is 19.2 Å². The van der Waals surface area contributed by atoms with E-state index in [4.69, 9.17) is 9.47 Å². The second-order valence-corrected chi connectivity index (χ2v) is 17.3. The molecule has 0 N–H and O–H groups in total. The van der Waals surface area contributed by atoms with E-state index in [0.717, 1.165) is 31.4 Å². The standard InChI is InChI=1S/C52H96O3/c1-4-7-10-13-16-19-22-25-28-31-34-37-40-43-49-44-45-50(52(53)55-47-42-39-36-33-30-27-24-21-18-15-12-9-6-3)51(48-49)54-46-41-38-35-32-29-26-23-20-17-14-11-8-5-2/h44-45,48H,4-43,46-47H2,1-3H3. The smallest absolute Gasteiger partial charge is 0.341 e. The number of benzene rings is 1. The third-order valence-corrected chi connectivity index (χ3v) is 11.8. The van der Waals surface area contributed by atoms with Crippen molar-refractivity contribution in [2.75, 3.05) is 13.2 Å². The van der Waals surface area contributed by atoms with Crippen molar-refractivity contribution in [1.82, 2.24) is 0 Å². The molecule has 0 radical (unpaired) electrons. The van der Waals surface area contributed by atoms with Gasteiger partial charge in [-0.05, 0) is 43.4 Å². The third-order valence-electron chi connectivity index (χ3n) is 11.8. The van der Waals surface area contributed by atoms with Gasteiger partial charge in [0, 0.05) is 0 Å². The van der Waals surface area contributed by atoms with E-state index in [-0.39, 0.29) is 5.97 Å². The van der Waals surface area contributed by atoms with E-state index in [1.807, 2.05) is 6.07 Å². The Morgan fingerprint density at radius 2 is 0.691 bits per heavy atom. The van der Waals surface area contributed by atoms with Crippen molar-refractivity contribution in [3.8, 4) is 5.75 Å². The van der Waals surface area contributed by atoms with Gasteiger partial charge in [0.2, 0.25) is 0 Å². The molecule has 0 heterocycles. The summed E-state index contributed by atoms with van der Waals surface area (Å²) in [6.45, 7) is 8.07. The molecular formula is C52H96O3.